The van der Waals surface area contributed by atoms with Crippen molar-refractivity contribution >= 4 is 18.3 Å². The van der Waals surface area contributed by atoms with E-state index in [4.69, 9.17) is 5.73 Å². The molecule has 6 heteroatoms. The van der Waals surface area contributed by atoms with Gasteiger partial charge in [0.05, 0.1) is 0 Å². The monoisotopic (exact) mass is 365 g/mol. The zero-order valence-corrected chi connectivity index (χ0v) is 15.4. The Labute approximate surface area is 154 Å². The second-order valence-corrected chi connectivity index (χ2v) is 6.06. The van der Waals surface area contributed by atoms with E-state index in [9.17, 15) is 9.18 Å². The van der Waals surface area contributed by atoms with E-state index >= 15 is 0 Å². The zero-order chi connectivity index (χ0) is 17.5. The number of likely N-dealkylation sites (N-methyl/N-ethyl adjacent to an activating group) is 1. The molecule has 0 spiro atoms. The molecule has 136 valence electrons. The van der Waals surface area contributed by atoms with Gasteiger partial charge in [-0.15, -0.1) is 12.4 Å². The molecule has 2 rings (SSSR count). The van der Waals surface area contributed by atoms with Crippen LogP contribution in [0.15, 0.2) is 48.5 Å². The molecule has 0 heterocycles. The van der Waals surface area contributed by atoms with Crippen LogP contribution < -0.4 is 5.73 Å². The van der Waals surface area contributed by atoms with Crippen LogP contribution in [0, 0.1) is 5.82 Å². The number of carbonyl (C=O) groups excluding carboxylic acids is 1. The average molecular weight is 366 g/mol. The summed E-state index contributed by atoms with van der Waals surface area (Å²) in [5, 5.41) is 0. The van der Waals surface area contributed by atoms with E-state index in [1.54, 1.807) is 29.2 Å². The van der Waals surface area contributed by atoms with Crippen LogP contribution in [0.5, 0.6) is 0 Å². The number of hydrogen-bond acceptors (Lipinski definition) is 3. The van der Waals surface area contributed by atoms with Crippen LogP contribution in [-0.2, 0) is 13.1 Å². The molecule has 0 saturated carbocycles. The van der Waals surface area contributed by atoms with E-state index in [1.165, 1.54) is 12.1 Å². The van der Waals surface area contributed by atoms with Crippen molar-refractivity contribution in [2.75, 3.05) is 27.2 Å². The molecule has 0 atom stereocenters. The first-order valence-electron chi connectivity index (χ1n) is 7.97. The van der Waals surface area contributed by atoms with Crippen LogP contribution in [0.4, 0.5) is 4.39 Å². The molecule has 2 N–H and O–H groups in total. The molecular weight excluding hydrogens is 341 g/mol. The smallest absolute Gasteiger partial charge is 0.254 e. The highest BCUT2D eigenvalue weighted by molar-refractivity contribution is 5.94. The number of nitrogens with two attached hydrogens (primary N) is 1. The van der Waals surface area contributed by atoms with Crippen LogP contribution in [0.2, 0.25) is 0 Å². The van der Waals surface area contributed by atoms with E-state index in [-0.39, 0.29) is 24.1 Å². The van der Waals surface area contributed by atoms with E-state index < -0.39 is 0 Å². The quantitative estimate of drug-likeness (QED) is 0.820. The molecule has 1 amide bonds. The molecular formula is C19H25ClFN3O. The highest BCUT2D eigenvalue weighted by Gasteiger charge is 2.16. The fourth-order valence-electron chi connectivity index (χ4n) is 2.35. The van der Waals surface area contributed by atoms with Crippen LogP contribution in [0.1, 0.15) is 21.5 Å². The average Bonchev–Trinajstić information content (AvgIpc) is 2.59. The Balaban J connectivity index is 0.00000312. The molecule has 2 aromatic rings. The zero-order valence-electron chi connectivity index (χ0n) is 14.6. The van der Waals surface area contributed by atoms with Crippen molar-refractivity contribution in [3.8, 4) is 0 Å². The third-order valence-electron chi connectivity index (χ3n) is 3.83. The lowest BCUT2D eigenvalue weighted by atomic mass is 10.1. The van der Waals surface area contributed by atoms with Gasteiger partial charge in [-0.25, -0.2) is 4.39 Å². The predicted octanol–water partition coefficient (Wildman–Crippen LogP) is 2.91. The molecule has 0 fully saturated rings. The van der Waals surface area contributed by atoms with E-state index in [1.807, 2.05) is 31.1 Å². The Hall–Kier alpha value is -1.95. The van der Waals surface area contributed by atoms with Gasteiger partial charge in [0.15, 0.2) is 0 Å². The number of hydrogen-bond donors (Lipinski definition) is 1. The van der Waals surface area contributed by atoms with Crippen molar-refractivity contribution in [3.05, 3.63) is 71.0 Å². The van der Waals surface area contributed by atoms with Crippen molar-refractivity contribution in [2.45, 2.75) is 13.1 Å². The molecule has 25 heavy (non-hydrogen) atoms. The topological polar surface area (TPSA) is 49.6 Å². The summed E-state index contributed by atoms with van der Waals surface area (Å²) in [7, 11) is 3.94. The number of nitrogens with zero attached hydrogens (tertiary/aromatic N) is 2. The molecule has 0 aliphatic rings. The Bertz CT molecular complexity index is 659. The largest absolute Gasteiger partial charge is 0.333 e. The molecule has 2 aromatic carbocycles. The number of amides is 1. The van der Waals surface area contributed by atoms with Gasteiger partial charge in [0.25, 0.3) is 5.91 Å². The fourth-order valence-corrected chi connectivity index (χ4v) is 2.35. The van der Waals surface area contributed by atoms with Crippen LogP contribution in [-0.4, -0.2) is 42.9 Å². The van der Waals surface area contributed by atoms with Gasteiger partial charge in [0, 0.05) is 31.7 Å². The summed E-state index contributed by atoms with van der Waals surface area (Å²) in [6.45, 7) is 2.26. The lowest BCUT2D eigenvalue weighted by Gasteiger charge is -2.25. The second-order valence-electron chi connectivity index (χ2n) is 6.06. The number of carbonyl (C=O) groups is 1. The molecule has 4 nitrogen and oxygen atoms in total. The fraction of sp³-hybridized carbons (Fsp3) is 0.316. The van der Waals surface area contributed by atoms with Crippen molar-refractivity contribution in [3.63, 3.8) is 0 Å². The third-order valence-corrected chi connectivity index (χ3v) is 3.83. The Kier molecular flexibility index (Phi) is 8.55. The number of rotatable bonds is 7. The first-order valence-corrected chi connectivity index (χ1v) is 7.97. The Morgan fingerprint density at radius 2 is 1.52 bits per heavy atom. The summed E-state index contributed by atoms with van der Waals surface area (Å²) in [5.41, 5.74) is 8.13. The summed E-state index contributed by atoms with van der Waals surface area (Å²) >= 11 is 0. The molecule has 0 aliphatic heterocycles. The second kappa shape index (κ2) is 10.1. The molecule has 0 aromatic heterocycles. The standard InChI is InChI=1S/C19H24FN3O.ClH/c1-22(2)11-12-23(14-16-5-9-18(20)10-6-16)19(24)17-7-3-15(13-21)4-8-17;/h3-10H,11-14,21H2,1-2H3;1H. The lowest BCUT2D eigenvalue weighted by Crippen LogP contribution is -2.36. The highest BCUT2D eigenvalue weighted by atomic mass is 35.5. The van der Waals surface area contributed by atoms with Gasteiger partial charge in [-0.1, -0.05) is 24.3 Å². The SMILES string of the molecule is CN(C)CCN(Cc1ccc(F)cc1)C(=O)c1ccc(CN)cc1.Cl. The van der Waals surface area contributed by atoms with Crippen molar-refractivity contribution in [2.24, 2.45) is 5.73 Å². The maximum atomic E-state index is 13.1. The number of benzene rings is 2. The van der Waals surface area contributed by atoms with E-state index in [0.717, 1.165) is 17.7 Å². The Morgan fingerprint density at radius 1 is 0.960 bits per heavy atom. The minimum Gasteiger partial charge on any atom is -0.333 e. The van der Waals surface area contributed by atoms with Gasteiger partial charge in [0.1, 0.15) is 5.82 Å². The summed E-state index contributed by atoms with van der Waals surface area (Å²) in [6.07, 6.45) is 0. The van der Waals surface area contributed by atoms with Gasteiger partial charge in [-0.05, 0) is 49.5 Å². The molecule has 0 bridgehead atoms. The van der Waals surface area contributed by atoms with Gasteiger partial charge >= 0.3 is 0 Å². The summed E-state index contributed by atoms with van der Waals surface area (Å²) in [6, 6.07) is 13.6. The predicted molar refractivity (Wildman–Crippen MR) is 101 cm³/mol. The van der Waals surface area contributed by atoms with Gasteiger partial charge < -0.3 is 15.5 Å². The molecule has 0 radical (unpaired) electrons. The molecule has 0 aliphatic carbocycles. The highest BCUT2D eigenvalue weighted by Crippen LogP contribution is 2.12. The van der Waals surface area contributed by atoms with Crippen LogP contribution in [0.25, 0.3) is 0 Å². The van der Waals surface area contributed by atoms with E-state index in [2.05, 4.69) is 0 Å². The summed E-state index contributed by atoms with van der Waals surface area (Å²) < 4.78 is 13.1. The van der Waals surface area contributed by atoms with Crippen molar-refractivity contribution in [1.29, 1.82) is 0 Å². The third kappa shape index (κ3) is 6.46. The number of halogens is 2. The van der Waals surface area contributed by atoms with Gasteiger partial charge in [-0.2, -0.15) is 0 Å². The lowest BCUT2D eigenvalue weighted by molar-refractivity contribution is 0.0732. The van der Waals surface area contributed by atoms with E-state index in [0.29, 0.717) is 25.2 Å². The maximum absolute atomic E-state index is 13.1. The van der Waals surface area contributed by atoms with Crippen molar-refractivity contribution in [1.82, 2.24) is 9.80 Å². The first kappa shape index (κ1) is 21.1. The molecule has 0 saturated heterocycles. The first-order chi connectivity index (χ1) is 11.5. The van der Waals surface area contributed by atoms with Gasteiger partial charge in [-0.3, -0.25) is 4.79 Å². The van der Waals surface area contributed by atoms with Crippen molar-refractivity contribution < 1.29 is 9.18 Å². The maximum Gasteiger partial charge on any atom is 0.254 e. The van der Waals surface area contributed by atoms with Gasteiger partial charge in [0.2, 0.25) is 0 Å². The summed E-state index contributed by atoms with van der Waals surface area (Å²) in [5.74, 6) is -0.313. The minimum atomic E-state index is -0.276. The minimum absolute atomic E-state index is 0. The summed E-state index contributed by atoms with van der Waals surface area (Å²) in [4.78, 5) is 16.6. The Morgan fingerprint density at radius 3 is 2.04 bits per heavy atom. The molecule has 0 unspecified atom stereocenters. The van der Waals surface area contributed by atoms with Crippen LogP contribution in [0.3, 0.4) is 0 Å². The van der Waals surface area contributed by atoms with Crippen LogP contribution >= 0.6 is 12.4 Å². The normalized spacial score (nSPS) is 10.4.